The molecule has 1 saturated carbocycles. The molecule has 3 nitrogen and oxygen atoms in total. The number of H-pyrrole nitrogens is 1. The fraction of sp³-hybridized carbons (Fsp3) is 0.438. The first kappa shape index (κ1) is 12.3. The molecule has 0 saturated heterocycles. The van der Waals surface area contributed by atoms with Gasteiger partial charge in [0.15, 0.2) is 5.88 Å². The van der Waals surface area contributed by atoms with Crippen molar-refractivity contribution in [1.82, 2.24) is 4.98 Å². The Morgan fingerprint density at radius 3 is 2.74 bits per heavy atom. The normalized spacial score (nSPS) is 24.3. The van der Waals surface area contributed by atoms with Gasteiger partial charge in [-0.05, 0) is 37.7 Å². The van der Waals surface area contributed by atoms with E-state index in [0.717, 1.165) is 22.4 Å². The van der Waals surface area contributed by atoms with Crippen molar-refractivity contribution in [2.45, 2.75) is 38.6 Å². The van der Waals surface area contributed by atoms with Gasteiger partial charge in [0.1, 0.15) is 0 Å². The minimum absolute atomic E-state index is 0.217. The lowest BCUT2D eigenvalue weighted by Gasteiger charge is -2.22. The number of rotatable bonds is 2. The van der Waals surface area contributed by atoms with Crippen molar-refractivity contribution in [3.63, 3.8) is 0 Å². The maximum absolute atomic E-state index is 9.96. The van der Waals surface area contributed by atoms with Crippen molar-refractivity contribution in [2.24, 2.45) is 10.9 Å². The number of nitrogens with one attached hydrogen (secondary N) is 1. The first-order valence-electron chi connectivity index (χ1n) is 7.07. The summed E-state index contributed by atoms with van der Waals surface area (Å²) in [6.45, 7) is 2.31. The average Bonchev–Trinajstić information content (AvgIpc) is 2.74. The molecule has 0 aliphatic heterocycles. The number of aliphatic imine (C=N–C) groups is 1. The molecule has 3 rings (SSSR count). The summed E-state index contributed by atoms with van der Waals surface area (Å²) in [7, 11) is 0. The van der Waals surface area contributed by atoms with Crippen LogP contribution < -0.4 is 0 Å². The van der Waals surface area contributed by atoms with Crippen LogP contribution in [-0.4, -0.2) is 22.3 Å². The van der Waals surface area contributed by atoms with Gasteiger partial charge < -0.3 is 10.1 Å². The monoisotopic (exact) mass is 256 g/mol. The Hall–Kier alpha value is -1.77. The maximum Gasteiger partial charge on any atom is 0.198 e. The van der Waals surface area contributed by atoms with Crippen molar-refractivity contribution >= 4 is 17.1 Å². The van der Waals surface area contributed by atoms with Crippen molar-refractivity contribution in [1.29, 1.82) is 0 Å². The standard InChI is InChI=1S/C16H20N2O/c1-11-6-8-12(9-7-11)17-10-14-13-4-2-3-5-15(13)18-16(14)19/h2-5,10-12,18-19H,6-9H2,1H3. The third-order valence-electron chi connectivity index (χ3n) is 4.13. The Balaban J connectivity index is 1.83. The average molecular weight is 256 g/mol. The number of hydrogen-bond acceptors (Lipinski definition) is 2. The number of aromatic nitrogens is 1. The second kappa shape index (κ2) is 5.08. The van der Waals surface area contributed by atoms with Crippen LogP contribution >= 0.6 is 0 Å². The zero-order valence-electron chi connectivity index (χ0n) is 11.3. The van der Waals surface area contributed by atoms with Gasteiger partial charge in [0, 0.05) is 23.2 Å². The molecule has 2 aromatic rings. The molecule has 19 heavy (non-hydrogen) atoms. The molecular formula is C16H20N2O. The Bertz CT molecular complexity index is 592. The zero-order chi connectivity index (χ0) is 13.2. The summed E-state index contributed by atoms with van der Waals surface area (Å²) in [5.74, 6) is 1.06. The highest BCUT2D eigenvalue weighted by molar-refractivity contribution is 6.01. The van der Waals surface area contributed by atoms with E-state index in [0.29, 0.717) is 6.04 Å². The topological polar surface area (TPSA) is 48.4 Å². The summed E-state index contributed by atoms with van der Waals surface area (Å²) in [6, 6.07) is 8.34. The number of para-hydroxylation sites is 1. The van der Waals surface area contributed by atoms with Crippen LogP contribution in [0, 0.1) is 5.92 Å². The van der Waals surface area contributed by atoms with Gasteiger partial charge in [-0.15, -0.1) is 0 Å². The van der Waals surface area contributed by atoms with Crippen LogP contribution in [0.1, 0.15) is 38.2 Å². The second-order valence-electron chi connectivity index (χ2n) is 5.62. The van der Waals surface area contributed by atoms with Gasteiger partial charge in [-0.2, -0.15) is 0 Å². The zero-order valence-corrected chi connectivity index (χ0v) is 11.3. The molecule has 1 heterocycles. The van der Waals surface area contributed by atoms with Gasteiger partial charge >= 0.3 is 0 Å². The lowest BCUT2D eigenvalue weighted by Crippen LogP contribution is -2.15. The van der Waals surface area contributed by atoms with Crippen LogP contribution in [0.25, 0.3) is 10.9 Å². The number of aromatic hydroxyl groups is 1. The van der Waals surface area contributed by atoms with Gasteiger partial charge in [0.25, 0.3) is 0 Å². The van der Waals surface area contributed by atoms with Crippen molar-refractivity contribution in [3.8, 4) is 5.88 Å². The molecule has 1 aliphatic rings. The fourth-order valence-corrected chi connectivity index (χ4v) is 2.85. The highest BCUT2D eigenvalue weighted by atomic mass is 16.3. The SMILES string of the molecule is CC1CCC(N=Cc2c(O)[nH]c3ccccc23)CC1. The third-order valence-corrected chi connectivity index (χ3v) is 4.13. The smallest absolute Gasteiger partial charge is 0.198 e. The number of benzene rings is 1. The van der Waals surface area contributed by atoms with E-state index in [-0.39, 0.29) is 5.88 Å². The molecule has 3 heteroatoms. The van der Waals surface area contributed by atoms with Gasteiger partial charge in [-0.1, -0.05) is 25.1 Å². The third kappa shape index (κ3) is 2.50. The van der Waals surface area contributed by atoms with Crippen molar-refractivity contribution in [2.75, 3.05) is 0 Å². The number of fused-ring (bicyclic) bond motifs is 1. The number of aromatic amines is 1. The molecule has 1 aliphatic carbocycles. The van der Waals surface area contributed by atoms with Gasteiger partial charge in [-0.3, -0.25) is 4.99 Å². The molecular weight excluding hydrogens is 236 g/mol. The Kier molecular flexibility index (Phi) is 3.28. The summed E-state index contributed by atoms with van der Waals surface area (Å²) in [5.41, 5.74) is 1.77. The molecule has 1 aromatic heterocycles. The molecule has 0 unspecified atom stereocenters. The first-order chi connectivity index (χ1) is 9.24. The van der Waals surface area contributed by atoms with E-state index in [2.05, 4.69) is 16.9 Å². The molecule has 0 atom stereocenters. The molecule has 100 valence electrons. The number of nitrogens with zero attached hydrogens (tertiary/aromatic N) is 1. The maximum atomic E-state index is 9.96. The molecule has 1 aromatic carbocycles. The summed E-state index contributed by atoms with van der Waals surface area (Å²) in [6.07, 6.45) is 6.71. The molecule has 1 fully saturated rings. The van der Waals surface area contributed by atoms with E-state index in [1.165, 1.54) is 25.7 Å². The molecule has 0 spiro atoms. The van der Waals surface area contributed by atoms with Gasteiger partial charge in [-0.25, -0.2) is 0 Å². The molecule has 2 N–H and O–H groups in total. The predicted molar refractivity (Wildman–Crippen MR) is 79.0 cm³/mol. The Morgan fingerprint density at radius 1 is 1.21 bits per heavy atom. The van der Waals surface area contributed by atoms with Crippen LogP contribution in [0.2, 0.25) is 0 Å². The predicted octanol–water partition coefficient (Wildman–Crippen LogP) is 3.87. The quantitative estimate of drug-likeness (QED) is 0.787. The number of hydrogen-bond donors (Lipinski definition) is 2. The molecule has 0 radical (unpaired) electrons. The van der Waals surface area contributed by atoms with E-state index in [1.807, 2.05) is 30.5 Å². The summed E-state index contributed by atoms with van der Waals surface area (Å²) in [5, 5.41) is 11.0. The van der Waals surface area contributed by atoms with E-state index in [9.17, 15) is 5.11 Å². The van der Waals surface area contributed by atoms with Crippen molar-refractivity contribution in [3.05, 3.63) is 29.8 Å². The van der Waals surface area contributed by atoms with Crippen LogP contribution in [0.4, 0.5) is 0 Å². The van der Waals surface area contributed by atoms with E-state index >= 15 is 0 Å². The second-order valence-corrected chi connectivity index (χ2v) is 5.62. The molecule has 0 bridgehead atoms. The molecule has 0 amide bonds. The largest absolute Gasteiger partial charge is 0.494 e. The van der Waals surface area contributed by atoms with Crippen LogP contribution in [-0.2, 0) is 0 Å². The minimum Gasteiger partial charge on any atom is -0.494 e. The summed E-state index contributed by atoms with van der Waals surface area (Å²) < 4.78 is 0. The Labute approximate surface area is 113 Å². The van der Waals surface area contributed by atoms with Gasteiger partial charge in [0.2, 0.25) is 0 Å². The fourth-order valence-electron chi connectivity index (χ4n) is 2.85. The van der Waals surface area contributed by atoms with Gasteiger partial charge in [0.05, 0.1) is 5.56 Å². The van der Waals surface area contributed by atoms with E-state index in [4.69, 9.17) is 0 Å². The minimum atomic E-state index is 0.217. The first-order valence-corrected chi connectivity index (χ1v) is 7.07. The van der Waals surface area contributed by atoms with E-state index < -0.39 is 0 Å². The lowest BCUT2D eigenvalue weighted by atomic mass is 9.88. The van der Waals surface area contributed by atoms with Crippen LogP contribution in [0.5, 0.6) is 5.88 Å². The summed E-state index contributed by atoms with van der Waals surface area (Å²) in [4.78, 5) is 7.65. The Morgan fingerprint density at radius 2 is 1.95 bits per heavy atom. The highest BCUT2D eigenvalue weighted by Gasteiger charge is 2.17. The highest BCUT2D eigenvalue weighted by Crippen LogP contribution is 2.28. The lowest BCUT2D eigenvalue weighted by molar-refractivity contribution is 0.350. The van der Waals surface area contributed by atoms with Crippen LogP contribution in [0.3, 0.4) is 0 Å². The summed E-state index contributed by atoms with van der Waals surface area (Å²) >= 11 is 0. The van der Waals surface area contributed by atoms with Crippen molar-refractivity contribution < 1.29 is 5.11 Å². The van der Waals surface area contributed by atoms with Crippen LogP contribution in [0.15, 0.2) is 29.3 Å². The van der Waals surface area contributed by atoms with E-state index in [1.54, 1.807) is 0 Å².